The fraction of sp³-hybridized carbons (Fsp3) is 0.385. The Balaban J connectivity index is 2.90. The largest absolute Gasteiger partial charge is 0.494 e. The third-order valence-electron chi connectivity index (χ3n) is 2.68. The summed E-state index contributed by atoms with van der Waals surface area (Å²) < 4.78 is 18.3. The Morgan fingerprint density at radius 1 is 1.56 bits per heavy atom. The van der Waals surface area contributed by atoms with E-state index in [0.29, 0.717) is 6.42 Å². The Morgan fingerprint density at radius 2 is 2.25 bits per heavy atom. The van der Waals surface area contributed by atoms with Crippen molar-refractivity contribution in [3.05, 3.63) is 42.2 Å². The summed E-state index contributed by atoms with van der Waals surface area (Å²) in [5.41, 5.74) is 0.399. The van der Waals surface area contributed by atoms with E-state index >= 15 is 0 Å². The molecule has 88 valence electrons. The summed E-state index contributed by atoms with van der Waals surface area (Å²) in [5, 5.41) is 9.23. The van der Waals surface area contributed by atoms with Crippen LogP contribution < -0.4 is 4.74 Å². The lowest BCUT2D eigenvalue weighted by Crippen LogP contribution is -2.21. The molecule has 0 bridgehead atoms. The van der Waals surface area contributed by atoms with Gasteiger partial charge in [-0.15, -0.1) is 6.58 Å². The van der Waals surface area contributed by atoms with Gasteiger partial charge >= 0.3 is 0 Å². The van der Waals surface area contributed by atoms with E-state index in [2.05, 4.69) is 6.58 Å². The van der Waals surface area contributed by atoms with Crippen LogP contribution in [0.25, 0.3) is 0 Å². The predicted octanol–water partition coefficient (Wildman–Crippen LogP) is 2.56. The van der Waals surface area contributed by atoms with Crippen LogP contribution in [0, 0.1) is 11.2 Å². The van der Waals surface area contributed by atoms with E-state index in [1.54, 1.807) is 18.2 Å². The second kappa shape index (κ2) is 5.12. The molecule has 0 radical (unpaired) electrons. The number of benzene rings is 1. The number of halogens is 1. The summed E-state index contributed by atoms with van der Waals surface area (Å²) >= 11 is 0. The van der Waals surface area contributed by atoms with Crippen LogP contribution in [0.1, 0.15) is 12.5 Å². The molecule has 1 unspecified atom stereocenters. The number of hydrogen-bond acceptors (Lipinski definition) is 2. The highest BCUT2D eigenvalue weighted by atomic mass is 19.1. The van der Waals surface area contributed by atoms with Crippen LogP contribution in [-0.2, 0) is 6.42 Å². The van der Waals surface area contributed by atoms with Gasteiger partial charge in [-0.05, 0) is 24.1 Å². The zero-order valence-electron chi connectivity index (χ0n) is 9.66. The standard InChI is InChI=1S/C13H17FO2/c1-4-13(2,9-15)8-10-5-6-12(16-3)11(14)7-10/h4-7,15H,1,8-9H2,2-3H3. The van der Waals surface area contributed by atoms with Gasteiger partial charge in [-0.25, -0.2) is 4.39 Å². The van der Waals surface area contributed by atoms with Gasteiger partial charge in [-0.1, -0.05) is 19.1 Å². The molecular formula is C13H17FO2. The van der Waals surface area contributed by atoms with Crippen LogP contribution in [0.2, 0.25) is 0 Å². The summed E-state index contributed by atoms with van der Waals surface area (Å²) in [4.78, 5) is 0. The molecule has 0 aliphatic heterocycles. The van der Waals surface area contributed by atoms with E-state index in [1.165, 1.54) is 13.2 Å². The van der Waals surface area contributed by atoms with Crippen LogP contribution >= 0.6 is 0 Å². The molecule has 1 rings (SSSR count). The molecule has 0 aromatic heterocycles. The van der Waals surface area contributed by atoms with Crippen molar-refractivity contribution in [2.75, 3.05) is 13.7 Å². The highest BCUT2D eigenvalue weighted by molar-refractivity contribution is 5.30. The summed E-state index contributed by atoms with van der Waals surface area (Å²) in [6.07, 6.45) is 2.24. The molecule has 0 saturated heterocycles. The zero-order chi connectivity index (χ0) is 12.2. The highest BCUT2D eigenvalue weighted by Gasteiger charge is 2.20. The van der Waals surface area contributed by atoms with Gasteiger partial charge in [0.05, 0.1) is 13.7 Å². The van der Waals surface area contributed by atoms with Gasteiger partial charge < -0.3 is 9.84 Å². The van der Waals surface area contributed by atoms with E-state index in [-0.39, 0.29) is 18.2 Å². The smallest absolute Gasteiger partial charge is 0.165 e. The van der Waals surface area contributed by atoms with Crippen LogP contribution in [0.3, 0.4) is 0 Å². The Bertz CT molecular complexity index is 376. The number of hydrogen-bond donors (Lipinski definition) is 1. The molecule has 0 spiro atoms. The van der Waals surface area contributed by atoms with Crippen LogP contribution in [0.15, 0.2) is 30.9 Å². The summed E-state index contributed by atoms with van der Waals surface area (Å²) in [6.45, 7) is 5.54. The molecule has 0 fully saturated rings. The van der Waals surface area contributed by atoms with E-state index in [0.717, 1.165) is 5.56 Å². The topological polar surface area (TPSA) is 29.5 Å². The van der Waals surface area contributed by atoms with Gasteiger partial charge in [0.15, 0.2) is 11.6 Å². The zero-order valence-corrected chi connectivity index (χ0v) is 9.66. The first-order chi connectivity index (χ1) is 7.54. The minimum absolute atomic E-state index is 0.00977. The Labute approximate surface area is 95.4 Å². The quantitative estimate of drug-likeness (QED) is 0.779. The number of ether oxygens (including phenoxy) is 1. The SMILES string of the molecule is C=CC(C)(CO)Cc1ccc(OC)c(F)c1. The Kier molecular flexibility index (Phi) is 4.07. The van der Waals surface area contributed by atoms with Gasteiger partial charge in [0.25, 0.3) is 0 Å². The first-order valence-electron chi connectivity index (χ1n) is 5.11. The van der Waals surface area contributed by atoms with Crippen LogP contribution in [0.4, 0.5) is 4.39 Å². The fourth-order valence-corrected chi connectivity index (χ4v) is 1.48. The van der Waals surface area contributed by atoms with Crippen molar-refractivity contribution in [3.63, 3.8) is 0 Å². The molecule has 1 aromatic carbocycles. The van der Waals surface area contributed by atoms with Crippen molar-refractivity contribution < 1.29 is 14.2 Å². The van der Waals surface area contributed by atoms with Gasteiger partial charge in [-0.3, -0.25) is 0 Å². The predicted molar refractivity (Wildman–Crippen MR) is 62.0 cm³/mol. The molecule has 3 heteroatoms. The maximum absolute atomic E-state index is 13.4. The number of rotatable bonds is 5. The highest BCUT2D eigenvalue weighted by Crippen LogP contribution is 2.25. The first-order valence-corrected chi connectivity index (χ1v) is 5.11. The molecule has 0 heterocycles. The van der Waals surface area contributed by atoms with Crippen LogP contribution in [0.5, 0.6) is 5.75 Å². The van der Waals surface area contributed by atoms with Gasteiger partial charge in [-0.2, -0.15) is 0 Å². The summed E-state index contributed by atoms with van der Waals surface area (Å²) in [7, 11) is 1.43. The lowest BCUT2D eigenvalue weighted by atomic mass is 9.84. The van der Waals surface area contributed by atoms with Crippen LogP contribution in [-0.4, -0.2) is 18.8 Å². The summed E-state index contributed by atoms with van der Waals surface area (Å²) in [5.74, 6) is -0.155. The van der Waals surface area contributed by atoms with Gasteiger partial charge in [0.2, 0.25) is 0 Å². The number of aliphatic hydroxyl groups excluding tert-OH is 1. The second-order valence-corrected chi connectivity index (χ2v) is 4.16. The monoisotopic (exact) mass is 224 g/mol. The number of methoxy groups -OCH3 is 1. The molecule has 1 aromatic rings. The van der Waals surface area contributed by atoms with E-state index in [9.17, 15) is 9.50 Å². The van der Waals surface area contributed by atoms with Crippen molar-refractivity contribution in [3.8, 4) is 5.75 Å². The molecule has 0 saturated carbocycles. The molecule has 0 aliphatic rings. The van der Waals surface area contributed by atoms with E-state index in [4.69, 9.17) is 4.74 Å². The average molecular weight is 224 g/mol. The van der Waals surface area contributed by atoms with E-state index in [1.807, 2.05) is 6.92 Å². The van der Waals surface area contributed by atoms with E-state index < -0.39 is 5.41 Å². The first kappa shape index (κ1) is 12.7. The third-order valence-corrected chi connectivity index (χ3v) is 2.68. The lowest BCUT2D eigenvalue weighted by Gasteiger charge is -2.22. The maximum Gasteiger partial charge on any atom is 0.165 e. The van der Waals surface area contributed by atoms with Gasteiger partial charge in [0.1, 0.15) is 0 Å². The Morgan fingerprint density at radius 3 is 2.69 bits per heavy atom. The molecule has 1 N–H and O–H groups in total. The molecule has 2 nitrogen and oxygen atoms in total. The maximum atomic E-state index is 13.4. The molecule has 0 aliphatic carbocycles. The van der Waals surface area contributed by atoms with Gasteiger partial charge in [0, 0.05) is 5.41 Å². The van der Waals surface area contributed by atoms with Crippen molar-refractivity contribution in [2.45, 2.75) is 13.3 Å². The van der Waals surface area contributed by atoms with Crippen molar-refractivity contribution in [2.24, 2.45) is 5.41 Å². The number of aliphatic hydroxyl groups is 1. The average Bonchev–Trinajstić information content (AvgIpc) is 2.29. The molecular weight excluding hydrogens is 207 g/mol. The summed E-state index contributed by atoms with van der Waals surface area (Å²) in [6, 6.07) is 4.81. The molecule has 16 heavy (non-hydrogen) atoms. The molecule has 0 amide bonds. The second-order valence-electron chi connectivity index (χ2n) is 4.16. The molecule has 1 atom stereocenters. The minimum Gasteiger partial charge on any atom is -0.494 e. The third kappa shape index (κ3) is 2.83. The lowest BCUT2D eigenvalue weighted by molar-refractivity contribution is 0.184. The normalized spacial score (nSPS) is 14.2. The van der Waals surface area contributed by atoms with Crippen molar-refractivity contribution in [1.29, 1.82) is 0 Å². The minimum atomic E-state index is -0.416. The van der Waals surface area contributed by atoms with Crippen molar-refractivity contribution >= 4 is 0 Å². The fourth-order valence-electron chi connectivity index (χ4n) is 1.48. The van der Waals surface area contributed by atoms with Crippen molar-refractivity contribution in [1.82, 2.24) is 0 Å². The Hall–Kier alpha value is -1.35.